The highest BCUT2D eigenvalue weighted by molar-refractivity contribution is 14.1. The van der Waals surface area contributed by atoms with Gasteiger partial charge in [0.05, 0.1) is 4.88 Å². The zero-order valence-corrected chi connectivity index (χ0v) is 15.4. The van der Waals surface area contributed by atoms with Gasteiger partial charge in [0.15, 0.2) is 0 Å². The fourth-order valence-corrected chi connectivity index (χ4v) is 3.24. The molecule has 0 saturated heterocycles. The molecule has 2 N–H and O–H groups in total. The van der Waals surface area contributed by atoms with E-state index in [0.29, 0.717) is 16.1 Å². The molecule has 0 spiro atoms. The van der Waals surface area contributed by atoms with E-state index < -0.39 is 0 Å². The maximum atomic E-state index is 12.2. The number of hydrogen-bond acceptors (Lipinski definition) is 3. The third kappa shape index (κ3) is 4.21. The van der Waals surface area contributed by atoms with E-state index in [1.807, 2.05) is 35.7 Å². The van der Waals surface area contributed by atoms with Crippen LogP contribution in [-0.2, 0) is 0 Å². The van der Waals surface area contributed by atoms with Crippen LogP contribution in [0.4, 0.5) is 11.4 Å². The van der Waals surface area contributed by atoms with Crippen LogP contribution in [0.3, 0.4) is 0 Å². The lowest BCUT2D eigenvalue weighted by Gasteiger charge is -2.07. The molecule has 0 aliphatic carbocycles. The average Bonchev–Trinajstić information content (AvgIpc) is 3.10. The Labute approximate surface area is 157 Å². The van der Waals surface area contributed by atoms with Gasteiger partial charge in [-0.1, -0.05) is 12.1 Å². The predicted octanol–water partition coefficient (Wildman–Crippen LogP) is 4.86. The average molecular weight is 448 g/mol. The molecule has 4 nitrogen and oxygen atoms in total. The van der Waals surface area contributed by atoms with Crippen LogP contribution in [0.15, 0.2) is 66.0 Å². The largest absolute Gasteiger partial charge is 0.322 e. The number of hydrogen-bond donors (Lipinski definition) is 2. The van der Waals surface area contributed by atoms with Gasteiger partial charge >= 0.3 is 0 Å². The van der Waals surface area contributed by atoms with Crippen molar-refractivity contribution in [3.8, 4) is 0 Å². The summed E-state index contributed by atoms with van der Waals surface area (Å²) in [5.74, 6) is -0.339. The van der Waals surface area contributed by atoms with E-state index >= 15 is 0 Å². The molecule has 24 heavy (non-hydrogen) atoms. The molecule has 0 aliphatic rings. The monoisotopic (exact) mass is 448 g/mol. The van der Waals surface area contributed by atoms with Crippen LogP contribution in [0.2, 0.25) is 0 Å². The van der Waals surface area contributed by atoms with E-state index in [-0.39, 0.29) is 11.8 Å². The second-order valence-corrected chi connectivity index (χ2v) is 7.17. The topological polar surface area (TPSA) is 58.2 Å². The third-order valence-electron chi connectivity index (χ3n) is 3.23. The van der Waals surface area contributed by atoms with E-state index in [9.17, 15) is 9.59 Å². The maximum Gasteiger partial charge on any atom is 0.265 e. The minimum Gasteiger partial charge on any atom is -0.322 e. The lowest BCUT2D eigenvalue weighted by atomic mass is 10.2. The molecule has 2 amide bonds. The fraction of sp³-hybridized carbons (Fsp3) is 0. The van der Waals surface area contributed by atoms with E-state index in [1.54, 1.807) is 30.3 Å². The molecular weight excluding hydrogens is 435 g/mol. The van der Waals surface area contributed by atoms with Crippen LogP contribution in [0.25, 0.3) is 0 Å². The van der Waals surface area contributed by atoms with Crippen molar-refractivity contribution in [2.24, 2.45) is 0 Å². The quantitative estimate of drug-likeness (QED) is 0.561. The first-order valence-corrected chi connectivity index (χ1v) is 9.09. The van der Waals surface area contributed by atoms with Crippen LogP contribution in [-0.4, -0.2) is 11.8 Å². The summed E-state index contributed by atoms with van der Waals surface area (Å²) in [7, 11) is 0. The number of halogens is 1. The molecule has 0 fully saturated rings. The smallest absolute Gasteiger partial charge is 0.265 e. The van der Waals surface area contributed by atoms with Gasteiger partial charge in [-0.3, -0.25) is 9.59 Å². The van der Waals surface area contributed by atoms with Gasteiger partial charge in [0.25, 0.3) is 11.8 Å². The summed E-state index contributed by atoms with van der Waals surface area (Å²) in [6.07, 6.45) is 0. The zero-order chi connectivity index (χ0) is 16.9. The Balaban J connectivity index is 1.65. The van der Waals surface area contributed by atoms with Gasteiger partial charge in [0, 0.05) is 20.5 Å². The van der Waals surface area contributed by atoms with Crippen molar-refractivity contribution in [3.63, 3.8) is 0 Å². The minimum atomic E-state index is -0.187. The summed E-state index contributed by atoms with van der Waals surface area (Å²) >= 11 is 3.58. The fourth-order valence-electron chi connectivity index (χ4n) is 2.07. The van der Waals surface area contributed by atoms with Crippen molar-refractivity contribution in [1.29, 1.82) is 0 Å². The first-order valence-electron chi connectivity index (χ1n) is 7.14. The second kappa shape index (κ2) is 7.59. The number of anilines is 2. The Hall–Kier alpha value is -2.19. The molecule has 0 saturated carbocycles. The summed E-state index contributed by atoms with van der Waals surface area (Å²) in [5.41, 5.74) is 1.93. The Morgan fingerprint density at radius 1 is 0.833 bits per heavy atom. The number of nitrogens with one attached hydrogen (secondary N) is 2. The van der Waals surface area contributed by atoms with Gasteiger partial charge in [-0.25, -0.2) is 0 Å². The summed E-state index contributed by atoms with van der Waals surface area (Å²) in [4.78, 5) is 24.9. The third-order valence-corrected chi connectivity index (χ3v) is 4.77. The number of rotatable bonds is 4. The summed E-state index contributed by atoms with van der Waals surface area (Å²) in [6, 6.07) is 18.0. The number of thiophene rings is 1. The molecular formula is C18H13IN2O2S. The van der Waals surface area contributed by atoms with Gasteiger partial charge in [0.1, 0.15) is 0 Å². The molecule has 2 aromatic carbocycles. The first-order chi connectivity index (χ1) is 11.6. The maximum absolute atomic E-state index is 12.2. The van der Waals surface area contributed by atoms with Crippen molar-refractivity contribution in [1.82, 2.24) is 0 Å². The van der Waals surface area contributed by atoms with Crippen LogP contribution in [0.5, 0.6) is 0 Å². The van der Waals surface area contributed by atoms with E-state index in [2.05, 4.69) is 33.2 Å². The van der Waals surface area contributed by atoms with Gasteiger partial charge in [-0.15, -0.1) is 11.3 Å². The molecule has 3 rings (SSSR count). The summed E-state index contributed by atoms with van der Waals surface area (Å²) < 4.78 is 1.05. The van der Waals surface area contributed by atoms with Crippen molar-refractivity contribution in [2.75, 3.05) is 10.6 Å². The first kappa shape index (κ1) is 16.7. The van der Waals surface area contributed by atoms with Crippen LogP contribution in [0, 0.1) is 3.57 Å². The number of carbonyl (C=O) groups is 2. The second-order valence-electron chi connectivity index (χ2n) is 4.97. The standard InChI is InChI=1S/C18H13IN2O2S/c19-13-3-1-4-15(11-13)21-17(22)12-6-8-14(9-7-12)20-18(23)16-5-2-10-24-16/h1-11H,(H,20,23)(H,21,22). The van der Waals surface area contributed by atoms with Crippen LogP contribution in [0.1, 0.15) is 20.0 Å². The van der Waals surface area contributed by atoms with E-state index in [0.717, 1.165) is 9.26 Å². The normalized spacial score (nSPS) is 10.2. The molecule has 120 valence electrons. The lowest BCUT2D eigenvalue weighted by molar-refractivity contribution is 0.102. The van der Waals surface area contributed by atoms with Gasteiger partial charge < -0.3 is 10.6 Å². The number of benzene rings is 2. The SMILES string of the molecule is O=C(Nc1cccc(I)c1)c1ccc(NC(=O)c2cccs2)cc1. The number of amides is 2. The van der Waals surface area contributed by atoms with E-state index in [4.69, 9.17) is 0 Å². The van der Waals surface area contributed by atoms with Crippen molar-refractivity contribution >= 4 is 57.1 Å². The highest BCUT2D eigenvalue weighted by atomic mass is 127. The summed E-state index contributed by atoms with van der Waals surface area (Å²) in [5, 5.41) is 7.51. The van der Waals surface area contributed by atoms with Crippen molar-refractivity contribution in [3.05, 3.63) is 80.1 Å². The Bertz CT molecular complexity index is 861. The van der Waals surface area contributed by atoms with Crippen molar-refractivity contribution in [2.45, 2.75) is 0 Å². The Kier molecular flexibility index (Phi) is 5.27. The molecule has 0 atom stereocenters. The molecule has 1 heterocycles. The highest BCUT2D eigenvalue weighted by Gasteiger charge is 2.09. The molecule has 0 unspecified atom stereocenters. The zero-order valence-electron chi connectivity index (χ0n) is 12.5. The lowest BCUT2D eigenvalue weighted by Crippen LogP contribution is -2.13. The predicted molar refractivity (Wildman–Crippen MR) is 106 cm³/mol. The van der Waals surface area contributed by atoms with Crippen LogP contribution >= 0.6 is 33.9 Å². The molecule has 1 aromatic heterocycles. The minimum absolute atomic E-state index is 0.152. The molecule has 0 aliphatic heterocycles. The van der Waals surface area contributed by atoms with Crippen molar-refractivity contribution < 1.29 is 9.59 Å². The Morgan fingerprint density at radius 3 is 2.25 bits per heavy atom. The number of carbonyl (C=O) groups excluding carboxylic acids is 2. The molecule has 3 aromatic rings. The molecule has 0 radical (unpaired) electrons. The summed E-state index contributed by atoms with van der Waals surface area (Å²) in [6.45, 7) is 0. The molecule has 0 bridgehead atoms. The highest BCUT2D eigenvalue weighted by Crippen LogP contribution is 2.16. The van der Waals surface area contributed by atoms with Gasteiger partial charge in [0.2, 0.25) is 0 Å². The Morgan fingerprint density at radius 2 is 1.58 bits per heavy atom. The molecule has 6 heteroatoms. The van der Waals surface area contributed by atoms with Crippen LogP contribution < -0.4 is 10.6 Å². The van der Waals surface area contributed by atoms with E-state index in [1.165, 1.54) is 11.3 Å². The van der Waals surface area contributed by atoms with Gasteiger partial charge in [-0.05, 0) is 76.5 Å². The van der Waals surface area contributed by atoms with Gasteiger partial charge in [-0.2, -0.15) is 0 Å².